The van der Waals surface area contributed by atoms with Gasteiger partial charge in [0.2, 0.25) is 5.91 Å². The summed E-state index contributed by atoms with van der Waals surface area (Å²) >= 11 is 0. The summed E-state index contributed by atoms with van der Waals surface area (Å²) in [4.78, 5) is 11.5. The van der Waals surface area contributed by atoms with Crippen molar-refractivity contribution in [3.8, 4) is 0 Å². The Morgan fingerprint density at radius 1 is 1.29 bits per heavy atom. The van der Waals surface area contributed by atoms with E-state index in [0.29, 0.717) is 0 Å². The van der Waals surface area contributed by atoms with Crippen LogP contribution in [0, 0.1) is 0 Å². The molecule has 0 aliphatic rings. The van der Waals surface area contributed by atoms with Crippen LogP contribution >= 0.6 is 0 Å². The minimum atomic E-state index is -0.393. The molecule has 0 heterocycles. The molecular weight excluding hydrogens is 212 g/mol. The van der Waals surface area contributed by atoms with E-state index in [1.54, 1.807) is 0 Å². The number of carbonyl (C=O) groups excluding carboxylic acids is 1. The van der Waals surface area contributed by atoms with Crippen molar-refractivity contribution in [1.29, 1.82) is 0 Å². The molecule has 94 valence electrons. The number of hydrogen-bond acceptors (Lipinski definition) is 2. The van der Waals surface area contributed by atoms with Crippen LogP contribution in [0.15, 0.2) is 24.3 Å². The lowest BCUT2D eigenvalue weighted by atomic mass is 10.0. The molecule has 1 rings (SSSR count). The highest BCUT2D eigenvalue weighted by molar-refractivity contribution is 5.81. The predicted octanol–water partition coefficient (Wildman–Crippen LogP) is 2.16. The molecule has 0 bridgehead atoms. The second-order valence-corrected chi connectivity index (χ2v) is 4.41. The zero-order valence-electron chi connectivity index (χ0n) is 10.9. The maximum atomic E-state index is 11.5. The predicted molar refractivity (Wildman–Crippen MR) is 70.6 cm³/mol. The largest absolute Gasteiger partial charge is 0.368 e. The van der Waals surface area contributed by atoms with Crippen molar-refractivity contribution in [3.63, 3.8) is 0 Å². The molecule has 3 nitrogen and oxygen atoms in total. The molecule has 0 aromatic heterocycles. The second-order valence-electron chi connectivity index (χ2n) is 4.41. The number of hydrogen-bond donors (Lipinski definition) is 2. The van der Waals surface area contributed by atoms with Gasteiger partial charge in [0.25, 0.3) is 0 Å². The van der Waals surface area contributed by atoms with Gasteiger partial charge in [0.1, 0.15) is 6.04 Å². The van der Waals surface area contributed by atoms with E-state index in [2.05, 4.69) is 26.1 Å². The molecule has 3 N–H and O–H groups in total. The first kappa shape index (κ1) is 13.7. The quantitative estimate of drug-likeness (QED) is 0.792. The highest BCUT2D eigenvalue weighted by Crippen LogP contribution is 2.15. The average molecular weight is 234 g/mol. The Morgan fingerprint density at radius 2 is 1.88 bits per heavy atom. The van der Waals surface area contributed by atoms with Crippen molar-refractivity contribution in [1.82, 2.24) is 5.32 Å². The Morgan fingerprint density at radius 3 is 2.29 bits per heavy atom. The Labute approximate surface area is 103 Å². The van der Waals surface area contributed by atoms with Gasteiger partial charge >= 0.3 is 0 Å². The monoisotopic (exact) mass is 234 g/mol. The van der Waals surface area contributed by atoms with Gasteiger partial charge < -0.3 is 5.73 Å². The van der Waals surface area contributed by atoms with Gasteiger partial charge in [-0.3, -0.25) is 10.1 Å². The maximum Gasteiger partial charge on any atom is 0.239 e. The van der Waals surface area contributed by atoms with Crippen LogP contribution in [-0.2, 0) is 11.2 Å². The molecule has 0 radical (unpaired) electrons. The van der Waals surface area contributed by atoms with Gasteiger partial charge in [-0.25, -0.2) is 0 Å². The third-order valence-electron chi connectivity index (χ3n) is 3.07. The summed E-state index contributed by atoms with van der Waals surface area (Å²) < 4.78 is 0. The van der Waals surface area contributed by atoms with Crippen LogP contribution in [0.1, 0.15) is 44.4 Å². The highest BCUT2D eigenvalue weighted by Gasteiger charge is 2.18. The number of nitrogens with two attached hydrogens (primary N) is 1. The van der Waals surface area contributed by atoms with Gasteiger partial charge in [-0.1, -0.05) is 38.1 Å². The van der Waals surface area contributed by atoms with Gasteiger partial charge in [0.15, 0.2) is 0 Å². The Bertz CT molecular complexity index is 359. The lowest BCUT2D eigenvalue weighted by molar-refractivity contribution is -0.120. The first-order valence-corrected chi connectivity index (χ1v) is 6.22. The zero-order chi connectivity index (χ0) is 12.8. The van der Waals surface area contributed by atoms with Crippen LogP contribution in [0.5, 0.6) is 0 Å². The van der Waals surface area contributed by atoms with E-state index in [1.165, 1.54) is 5.56 Å². The molecule has 2 unspecified atom stereocenters. The van der Waals surface area contributed by atoms with Crippen molar-refractivity contribution in [2.45, 2.75) is 45.7 Å². The summed E-state index contributed by atoms with van der Waals surface area (Å²) in [7, 11) is 0. The van der Waals surface area contributed by atoms with Crippen LogP contribution in [0.3, 0.4) is 0 Å². The number of carbonyl (C=O) groups is 1. The standard InChI is InChI=1S/C14H22N2O/c1-4-10(3)16-13(14(15)17)12-8-6-11(5-2)7-9-12/h6-10,13,16H,4-5H2,1-3H3,(H2,15,17). The molecule has 0 saturated carbocycles. The third kappa shape index (κ3) is 3.86. The molecule has 0 fully saturated rings. The number of aryl methyl sites for hydroxylation is 1. The fraction of sp³-hybridized carbons (Fsp3) is 0.500. The van der Waals surface area contributed by atoms with Gasteiger partial charge in [0.05, 0.1) is 0 Å². The highest BCUT2D eigenvalue weighted by atomic mass is 16.1. The second kappa shape index (κ2) is 6.40. The molecule has 0 saturated heterocycles. The van der Waals surface area contributed by atoms with Crippen molar-refractivity contribution >= 4 is 5.91 Å². The summed E-state index contributed by atoms with van der Waals surface area (Å²) in [5, 5.41) is 3.25. The number of rotatable bonds is 6. The van der Waals surface area contributed by atoms with Crippen molar-refractivity contribution in [2.75, 3.05) is 0 Å². The minimum Gasteiger partial charge on any atom is -0.368 e. The zero-order valence-corrected chi connectivity index (χ0v) is 10.9. The first-order chi connectivity index (χ1) is 8.08. The number of benzene rings is 1. The lowest BCUT2D eigenvalue weighted by Crippen LogP contribution is -2.38. The van der Waals surface area contributed by atoms with E-state index >= 15 is 0 Å². The van der Waals surface area contributed by atoms with Crippen molar-refractivity contribution < 1.29 is 4.79 Å². The number of nitrogens with one attached hydrogen (secondary N) is 1. The fourth-order valence-corrected chi connectivity index (χ4v) is 1.69. The molecule has 1 aromatic carbocycles. The van der Waals surface area contributed by atoms with E-state index in [-0.39, 0.29) is 11.9 Å². The topological polar surface area (TPSA) is 55.1 Å². The molecular formula is C14H22N2O. The van der Waals surface area contributed by atoms with Crippen LogP contribution < -0.4 is 11.1 Å². The SMILES string of the molecule is CCc1ccc(C(NC(C)CC)C(N)=O)cc1. The minimum absolute atomic E-state index is 0.276. The third-order valence-corrected chi connectivity index (χ3v) is 3.07. The summed E-state index contributed by atoms with van der Waals surface area (Å²) in [5.74, 6) is -0.324. The van der Waals surface area contributed by atoms with Gasteiger partial charge in [-0.2, -0.15) is 0 Å². The van der Waals surface area contributed by atoms with E-state index < -0.39 is 6.04 Å². The molecule has 0 aliphatic carbocycles. The van der Waals surface area contributed by atoms with E-state index in [4.69, 9.17) is 5.73 Å². The van der Waals surface area contributed by atoms with Crippen molar-refractivity contribution in [3.05, 3.63) is 35.4 Å². The normalized spacial score (nSPS) is 14.3. The summed E-state index contributed by atoms with van der Waals surface area (Å²) in [5.41, 5.74) is 7.65. The molecule has 1 amide bonds. The number of primary amides is 1. The molecule has 17 heavy (non-hydrogen) atoms. The van der Waals surface area contributed by atoms with Crippen LogP contribution in [0.25, 0.3) is 0 Å². The summed E-state index contributed by atoms with van der Waals surface area (Å²) in [6.07, 6.45) is 1.97. The van der Waals surface area contributed by atoms with Crippen LogP contribution in [0.4, 0.5) is 0 Å². The van der Waals surface area contributed by atoms with Gasteiger partial charge in [0, 0.05) is 6.04 Å². The van der Waals surface area contributed by atoms with Gasteiger partial charge in [-0.15, -0.1) is 0 Å². The van der Waals surface area contributed by atoms with Crippen molar-refractivity contribution in [2.24, 2.45) is 5.73 Å². The van der Waals surface area contributed by atoms with Crippen LogP contribution in [0.2, 0.25) is 0 Å². The molecule has 3 heteroatoms. The number of amides is 1. The van der Waals surface area contributed by atoms with E-state index in [1.807, 2.05) is 24.3 Å². The Balaban J connectivity index is 2.85. The lowest BCUT2D eigenvalue weighted by Gasteiger charge is -2.20. The smallest absolute Gasteiger partial charge is 0.239 e. The molecule has 2 atom stereocenters. The summed E-state index contributed by atoms with van der Waals surface area (Å²) in [6.45, 7) is 6.24. The molecule has 0 spiro atoms. The molecule has 1 aromatic rings. The van der Waals surface area contributed by atoms with E-state index in [0.717, 1.165) is 18.4 Å². The van der Waals surface area contributed by atoms with Crippen LogP contribution in [-0.4, -0.2) is 11.9 Å². The molecule has 0 aliphatic heterocycles. The maximum absolute atomic E-state index is 11.5. The van der Waals surface area contributed by atoms with E-state index in [9.17, 15) is 4.79 Å². The fourth-order valence-electron chi connectivity index (χ4n) is 1.69. The van der Waals surface area contributed by atoms with Gasteiger partial charge in [-0.05, 0) is 30.9 Å². The summed E-state index contributed by atoms with van der Waals surface area (Å²) in [6, 6.07) is 7.93. The average Bonchev–Trinajstić information content (AvgIpc) is 2.35. The first-order valence-electron chi connectivity index (χ1n) is 6.22. The Kier molecular flexibility index (Phi) is 5.16. The Hall–Kier alpha value is -1.35.